The summed E-state index contributed by atoms with van der Waals surface area (Å²) in [6, 6.07) is 9.81. The molecule has 1 aromatic carbocycles. The van der Waals surface area contributed by atoms with Crippen LogP contribution in [0.3, 0.4) is 0 Å². The molecule has 0 saturated carbocycles. The number of benzene rings is 1. The number of carbonyl (C=O) groups excluding carboxylic acids is 1. The third kappa shape index (κ3) is 5.23. The van der Waals surface area contributed by atoms with Gasteiger partial charge in [0.2, 0.25) is 0 Å². The van der Waals surface area contributed by atoms with Gasteiger partial charge in [0.15, 0.2) is 19.8 Å². The molecule has 0 aliphatic rings. The van der Waals surface area contributed by atoms with Gasteiger partial charge in [0.1, 0.15) is 12.3 Å². The van der Waals surface area contributed by atoms with Crippen molar-refractivity contribution in [2.45, 2.75) is 59.0 Å². The molecule has 0 fully saturated rings. The minimum Gasteiger partial charge on any atom is -0.484 e. The zero-order chi connectivity index (χ0) is 20.9. The second-order valence-corrected chi connectivity index (χ2v) is 13.2. The number of nitrogens with zero attached hydrogens (tertiary/aromatic N) is 2. The Labute approximate surface area is 168 Å². The van der Waals surface area contributed by atoms with Crippen LogP contribution < -0.4 is 4.74 Å². The Hall–Kier alpha value is -2.12. The molecule has 0 N–H and O–H groups in total. The van der Waals surface area contributed by atoms with E-state index in [1.807, 2.05) is 37.3 Å². The SMILES string of the molecule is COC(=O)c1c(OCc2ccccc2)c(C)nn1CCO[Si](C)(C)C(C)(C)C. The molecule has 0 amide bonds. The molecule has 0 spiro atoms. The summed E-state index contributed by atoms with van der Waals surface area (Å²) >= 11 is 0. The maximum atomic E-state index is 12.4. The van der Waals surface area contributed by atoms with E-state index in [0.717, 1.165) is 5.56 Å². The van der Waals surface area contributed by atoms with Gasteiger partial charge in [0.25, 0.3) is 0 Å². The van der Waals surface area contributed by atoms with Crippen molar-refractivity contribution in [1.29, 1.82) is 0 Å². The molecule has 0 saturated heterocycles. The van der Waals surface area contributed by atoms with Gasteiger partial charge >= 0.3 is 5.97 Å². The predicted molar refractivity (Wildman–Crippen MR) is 112 cm³/mol. The van der Waals surface area contributed by atoms with Crippen LogP contribution in [0.4, 0.5) is 0 Å². The Balaban J connectivity index is 2.17. The van der Waals surface area contributed by atoms with Crippen molar-refractivity contribution in [3.8, 4) is 5.75 Å². The first kappa shape index (κ1) is 22.2. The Morgan fingerprint density at radius 2 is 1.82 bits per heavy atom. The van der Waals surface area contributed by atoms with Gasteiger partial charge in [0, 0.05) is 0 Å². The summed E-state index contributed by atoms with van der Waals surface area (Å²) in [5.41, 5.74) is 2.00. The lowest BCUT2D eigenvalue weighted by Gasteiger charge is -2.36. The van der Waals surface area contributed by atoms with Crippen molar-refractivity contribution in [2.75, 3.05) is 13.7 Å². The normalized spacial score (nSPS) is 12.1. The van der Waals surface area contributed by atoms with Crippen LogP contribution in [0.15, 0.2) is 30.3 Å². The van der Waals surface area contributed by atoms with E-state index in [0.29, 0.717) is 36.9 Å². The lowest BCUT2D eigenvalue weighted by Crippen LogP contribution is -2.41. The maximum absolute atomic E-state index is 12.4. The second-order valence-electron chi connectivity index (χ2n) is 8.36. The molecule has 28 heavy (non-hydrogen) atoms. The van der Waals surface area contributed by atoms with Crippen LogP contribution in [0.25, 0.3) is 0 Å². The molecule has 154 valence electrons. The molecule has 1 aromatic heterocycles. The molecule has 0 bridgehead atoms. The maximum Gasteiger partial charge on any atom is 0.360 e. The van der Waals surface area contributed by atoms with E-state index < -0.39 is 14.3 Å². The zero-order valence-corrected chi connectivity index (χ0v) is 19.0. The number of hydrogen-bond acceptors (Lipinski definition) is 5. The third-order valence-corrected chi connectivity index (χ3v) is 9.79. The number of carbonyl (C=O) groups is 1. The van der Waals surface area contributed by atoms with Gasteiger partial charge in [-0.1, -0.05) is 51.1 Å². The molecule has 0 aliphatic heterocycles. The van der Waals surface area contributed by atoms with E-state index in [1.54, 1.807) is 4.68 Å². The lowest BCUT2D eigenvalue weighted by atomic mass is 10.2. The highest BCUT2D eigenvalue weighted by Gasteiger charge is 2.37. The summed E-state index contributed by atoms with van der Waals surface area (Å²) < 4.78 is 18.8. The highest BCUT2D eigenvalue weighted by molar-refractivity contribution is 6.74. The number of ether oxygens (including phenoxy) is 2. The summed E-state index contributed by atoms with van der Waals surface area (Å²) in [5, 5.41) is 4.63. The van der Waals surface area contributed by atoms with Crippen molar-refractivity contribution in [2.24, 2.45) is 0 Å². The number of aryl methyl sites for hydroxylation is 1. The van der Waals surface area contributed by atoms with Gasteiger partial charge in [-0.2, -0.15) is 5.10 Å². The number of esters is 1. The van der Waals surface area contributed by atoms with Crippen LogP contribution in [-0.4, -0.2) is 37.8 Å². The van der Waals surface area contributed by atoms with Gasteiger partial charge in [-0.25, -0.2) is 4.79 Å². The Morgan fingerprint density at radius 1 is 1.18 bits per heavy atom. The first-order valence-electron chi connectivity index (χ1n) is 9.53. The Bertz CT molecular complexity index is 795. The Morgan fingerprint density at radius 3 is 2.39 bits per heavy atom. The van der Waals surface area contributed by atoms with Crippen molar-refractivity contribution in [3.05, 3.63) is 47.3 Å². The third-order valence-electron chi connectivity index (χ3n) is 5.25. The highest BCUT2D eigenvalue weighted by Crippen LogP contribution is 2.36. The Kier molecular flexibility index (Phi) is 7.06. The van der Waals surface area contributed by atoms with E-state index >= 15 is 0 Å². The molecule has 2 rings (SSSR count). The predicted octanol–water partition coefficient (Wildman–Crippen LogP) is 4.58. The van der Waals surface area contributed by atoms with Crippen molar-refractivity contribution in [3.63, 3.8) is 0 Å². The van der Waals surface area contributed by atoms with Crippen molar-refractivity contribution >= 4 is 14.3 Å². The highest BCUT2D eigenvalue weighted by atomic mass is 28.4. The average Bonchev–Trinajstić information content (AvgIpc) is 2.94. The largest absolute Gasteiger partial charge is 0.484 e. The summed E-state index contributed by atoms with van der Waals surface area (Å²) in [6.45, 7) is 14.2. The van der Waals surface area contributed by atoms with E-state index in [4.69, 9.17) is 13.9 Å². The van der Waals surface area contributed by atoms with E-state index in [2.05, 4.69) is 39.0 Å². The van der Waals surface area contributed by atoms with E-state index in [-0.39, 0.29) is 5.04 Å². The van der Waals surface area contributed by atoms with Crippen molar-refractivity contribution in [1.82, 2.24) is 9.78 Å². The smallest absolute Gasteiger partial charge is 0.360 e. The summed E-state index contributed by atoms with van der Waals surface area (Å²) in [7, 11) is -0.503. The molecule has 0 radical (unpaired) electrons. The summed E-state index contributed by atoms with van der Waals surface area (Å²) in [6.07, 6.45) is 0. The van der Waals surface area contributed by atoms with Gasteiger partial charge in [-0.05, 0) is 30.6 Å². The minimum atomic E-state index is -1.87. The van der Waals surface area contributed by atoms with E-state index in [9.17, 15) is 4.79 Å². The fraction of sp³-hybridized carbons (Fsp3) is 0.524. The quantitative estimate of drug-likeness (QED) is 0.476. The molecule has 0 unspecified atom stereocenters. The van der Waals surface area contributed by atoms with Gasteiger partial charge in [-0.3, -0.25) is 4.68 Å². The first-order valence-corrected chi connectivity index (χ1v) is 12.4. The monoisotopic (exact) mass is 404 g/mol. The number of hydrogen-bond donors (Lipinski definition) is 0. The molecule has 1 heterocycles. The van der Waals surface area contributed by atoms with Crippen LogP contribution >= 0.6 is 0 Å². The second kappa shape index (κ2) is 8.92. The van der Waals surface area contributed by atoms with Gasteiger partial charge < -0.3 is 13.9 Å². The van der Waals surface area contributed by atoms with Gasteiger partial charge in [0.05, 0.1) is 20.3 Å². The van der Waals surface area contributed by atoms with Crippen molar-refractivity contribution < 1.29 is 18.7 Å². The van der Waals surface area contributed by atoms with Crippen LogP contribution in [0.1, 0.15) is 42.5 Å². The number of aromatic nitrogens is 2. The standard InChI is InChI=1S/C21H32N2O4Si/c1-16-19(26-15-17-11-9-8-10-12-17)18(20(24)25-5)23(22-16)13-14-27-28(6,7)21(2,3)4/h8-12H,13-15H2,1-7H3. The fourth-order valence-corrected chi connectivity index (χ4v) is 3.56. The van der Waals surface area contributed by atoms with Crippen LogP contribution in [0.2, 0.25) is 18.1 Å². The molecule has 2 aromatic rings. The van der Waals surface area contributed by atoms with Crippen LogP contribution in [0.5, 0.6) is 5.75 Å². The molecular formula is C21H32N2O4Si. The number of rotatable bonds is 8. The molecule has 6 nitrogen and oxygen atoms in total. The molecular weight excluding hydrogens is 372 g/mol. The average molecular weight is 405 g/mol. The first-order chi connectivity index (χ1) is 13.1. The summed E-state index contributed by atoms with van der Waals surface area (Å²) in [4.78, 5) is 12.4. The number of methoxy groups -OCH3 is 1. The minimum absolute atomic E-state index is 0.127. The lowest BCUT2D eigenvalue weighted by molar-refractivity contribution is 0.0579. The van der Waals surface area contributed by atoms with Crippen LogP contribution in [0, 0.1) is 6.92 Å². The topological polar surface area (TPSA) is 62.6 Å². The van der Waals surface area contributed by atoms with E-state index in [1.165, 1.54) is 7.11 Å². The molecule has 0 aliphatic carbocycles. The zero-order valence-electron chi connectivity index (χ0n) is 18.0. The molecule has 7 heteroatoms. The fourth-order valence-electron chi connectivity index (χ4n) is 2.53. The summed E-state index contributed by atoms with van der Waals surface area (Å²) in [5.74, 6) is -0.000910. The molecule has 0 atom stereocenters. The van der Waals surface area contributed by atoms with Gasteiger partial charge in [-0.15, -0.1) is 0 Å². The van der Waals surface area contributed by atoms with Crippen LogP contribution in [-0.2, 0) is 22.3 Å².